The van der Waals surface area contributed by atoms with Crippen LogP contribution in [0.2, 0.25) is 0 Å². The van der Waals surface area contributed by atoms with Crippen molar-refractivity contribution in [2.75, 3.05) is 18.5 Å². The van der Waals surface area contributed by atoms with E-state index < -0.39 is 0 Å². The molecule has 2 aromatic rings. The zero-order valence-corrected chi connectivity index (χ0v) is 13.0. The molecule has 4 nitrogen and oxygen atoms in total. The fraction of sp³-hybridized carbons (Fsp3) is 0.278. The summed E-state index contributed by atoms with van der Waals surface area (Å²) in [5.41, 5.74) is 1.87. The maximum absolute atomic E-state index is 11.1. The summed E-state index contributed by atoms with van der Waals surface area (Å²) >= 11 is 0. The van der Waals surface area contributed by atoms with Gasteiger partial charge in [-0.15, -0.1) is 0 Å². The molecule has 0 aromatic heterocycles. The molecule has 4 heteroatoms. The standard InChI is InChI=1S/C18H21NO3/c1-14-7-5-8-16(13-14)21-11-6-12-22-18-10-4-3-9-17(18)19-15(2)20/h3-5,7-10,13H,6,11-12H2,1-2H3,(H,19,20). The van der Waals surface area contributed by atoms with Crippen LogP contribution in [0.4, 0.5) is 5.69 Å². The molecule has 1 N–H and O–H groups in total. The average molecular weight is 299 g/mol. The highest BCUT2D eigenvalue weighted by Crippen LogP contribution is 2.23. The van der Waals surface area contributed by atoms with Crippen molar-refractivity contribution in [2.45, 2.75) is 20.3 Å². The van der Waals surface area contributed by atoms with E-state index in [-0.39, 0.29) is 5.91 Å². The molecule has 0 aliphatic heterocycles. The summed E-state index contributed by atoms with van der Waals surface area (Å²) in [5.74, 6) is 1.44. The molecule has 0 spiro atoms. The van der Waals surface area contributed by atoms with E-state index in [0.717, 1.165) is 12.2 Å². The molecule has 0 heterocycles. The van der Waals surface area contributed by atoms with Crippen LogP contribution in [0.1, 0.15) is 18.9 Å². The van der Waals surface area contributed by atoms with Crippen molar-refractivity contribution in [1.82, 2.24) is 0 Å². The number of hydrogen-bond acceptors (Lipinski definition) is 3. The van der Waals surface area contributed by atoms with Gasteiger partial charge in [0, 0.05) is 13.3 Å². The highest BCUT2D eigenvalue weighted by atomic mass is 16.5. The maximum Gasteiger partial charge on any atom is 0.221 e. The van der Waals surface area contributed by atoms with Gasteiger partial charge in [0.1, 0.15) is 11.5 Å². The van der Waals surface area contributed by atoms with Crippen molar-refractivity contribution in [3.8, 4) is 11.5 Å². The van der Waals surface area contributed by atoms with Gasteiger partial charge in [-0.1, -0.05) is 24.3 Å². The van der Waals surface area contributed by atoms with Crippen LogP contribution in [0.5, 0.6) is 11.5 Å². The third-order valence-corrected chi connectivity index (χ3v) is 3.00. The molecule has 0 aliphatic carbocycles. The lowest BCUT2D eigenvalue weighted by Gasteiger charge is -2.12. The number of carbonyl (C=O) groups is 1. The summed E-state index contributed by atoms with van der Waals surface area (Å²) < 4.78 is 11.4. The summed E-state index contributed by atoms with van der Waals surface area (Å²) in [6, 6.07) is 15.4. The average Bonchev–Trinajstić information content (AvgIpc) is 2.48. The fourth-order valence-electron chi connectivity index (χ4n) is 2.02. The molecule has 0 radical (unpaired) electrons. The second-order valence-electron chi connectivity index (χ2n) is 5.04. The van der Waals surface area contributed by atoms with E-state index in [1.807, 2.05) is 55.5 Å². The van der Waals surface area contributed by atoms with Gasteiger partial charge in [-0.2, -0.15) is 0 Å². The van der Waals surface area contributed by atoms with Crippen LogP contribution >= 0.6 is 0 Å². The van der Waals surface area contributed by atoms with Gasteiger partial charge in [0.05, 0.1) is 18.9 Å². The maximum atomic E-state index is 11.1. The van der Waals surface area contributed by atoms with E-state index >= 15 is 0 Å². The predicted octanol–water partition coefficient (Wildman–Crippen LogP) is 3.80. The van der Waals surface area contributed by atoms with Gasteiger partial charge < -0.3 is 14.8 Å². The van der Waals surface area contributed by atoms with Gasteiger partial charge in [-0.25, -0.2) is 0 Å². The number of anilines is 1. The van der Waals surface area contributed by atoms with Crippen molar-refractivity contribution >= 4 is 11.6 Å². The summed E-state index contributed by atoms with van der Waals surface area (Å²) in [4.78, 5) is 11.1. The third-order valence-electron chi connectivity index (χ3n) is 3.00. The Morgan fingerprint density at radius 1 is 1.05 bits per heavy atom. The minimum atomic E-state index is -0.112. The molecule has 116 valence electrons. The van der Waals surface area contributed by atoms with E-state index in [4.69, 9.17) is 9.47 Å². The Balaban J connectivity index is 1.76. The molecule has 0 saturated heterocycles. The van der Waals surface area contributed by atoms with Crippen LogP contribution in [0.25, 0.3) is 0 Å². The molecule has 2 rings (SSSR count). The minimum Gasteiger partial charge on any atom is -0.493 e. The number of benzene rings is 2. The highest BCUT2D eigenvalue weighted by molar-refractivity contribution is 5.90. The molecule has 22 heavy (non-hydrogen) atoms. The summed E-state index contributed by atoms with van der Waals surface area (Å²) in [5, 5.41) is 2.75. The largest absolute Gasteiger partial charge is 0.493 e. The SMILES string of the molecule is CC(=O)Nc1ccccc1OCCCOc1cccc(C)c1. The van der Waals surface area contributed by atoms with E-state index in [2.05, 4.69) is 5.32 Å². The van der Waals surface area contributed by atoms with Crippen LogP contribution in [0, 0.1) is 6.92 Å². The molecule has 0 bridgehead atoms. The molecule has 0 unspecified atom stereocenters. The lowest BCUT2D eigenvalue weighted by molar-refractivity contribution is -0.114. The van der Waals surface area contributed by atoms with Gasteiger partial charge in [-0.05, 0) is 36.8 Å². The molecule has 2 aromatic carbocycles. The van der Waals surface area contributed by atoms with Gasteiger partial charge in [0.25, 0.3) is 0 Å². The van der Waals surface area contributed by atoms with Crippen molar-refractivity contribution in [3.63, 3.8) is 0 Å². The summed E-state index contributed by atoms with van der Waals surface area (Å²) in [6.45, 7) is 4.63. The molecule has 1 amide bonds. The number of amides is 1. The topological polar surface area (TPSA) is 47.6 Å². The number of carbonyl (C=O) groups excluding carboxylic acids is 1. The monoisotopic (exact) mass is 299 g/mol. The lowest BCUT2D eigenvalue weighted by atomic mass is 10.2. The smallest absolute Gasteiger partial charge is 0.221 e. The van der Waals surface area contributed by atoms with Crippen molar-refractivity contribution in [2.24, 2.45) is 0 Å². The second-order valence-corrected chi connectivity index (χ2v) is 5.04. The van der Waals surface area contributed by atoms with E-state index in [1.54, 1.807) is 0 Å². The minimum absolute atomic E-state index is 0.112. The summed E-state index contributed by atoms with van der Waals surface area (Å²) in [7, 11) is 0. The van der Waals surface area contributed by atoms with Crippen molar-refractivity contribution < 1.29 is 14.3 Å². The van der Waals surface area contributed by atoms with E-state index in [9.17, 15) is 4.79 Å². The van der Waals surface area contributed by atoms with Crippen molar-refractivity contribution in [3.05, 3.63) is 54.1 Å². The van der Waals surface area contributed by atoms with Crippen molar-refractivity contribution in [1.29, 1.82) is 0 Å². The molecule has 0 atom stereocenters. The lowest BCUT2D eigenvalue weighted by Crippen LogP contribution is -2.09. The molecular weight excluding hydrogens is 278 g/mol. The second kappa shape index (κ2) is 8.08. The first-order valence-electron chi connectivity index (χ1n) is 7.34. The first-order chi connectivity index (χ1) is 10.6. The van der Waals surface area contributed by atoms with Gasteiger partial charge in [0.2, 0.25) is 5.91 Å². The number of ether oxygens (including phenoxy) is 2. The normalized spacial score (nSPS) is 10.1. The van der Waals surface area contributed by atoms with Gasteiger partial charge in [-0.3, -0.25) is 4.79 Å². The Morgan fingerprint density at radius 2 is 1.82 bits per heavy atom. The first kappa shape index (κ1) is 15.9. The van der Waals surface area contributed by atoms with Crippen LogP contribution in [0.15, 0.2) is 48.5 Å². The number of nitrogens with one attached hydrogen (secondary N) is 1. The fourth-order valence-corrected chi connectivity index (χ4v) is 2.02. The number of hydrogen-bond donors (Lipinski definition) is 1. The Kier molecular flexibility index (Phi) is 5.83. The third kappa shape index (κ3) is 5.13. The molecular formula is C18H21NO3. The summed E-state index contributed by atoms with van der Waals surface area (Å²) in [6.07, 6.45) is 0.766. The zero-order chi connectivity index (χ0) is 15.8. The van der Waals surface area contributed by atoms with Crippen LogP contribution in [-0.4, -0.2) is 19.1 Å². The molecule has 0 aliphatic rings. The van der Waals surface area contributed by atoms with Gasteiger partial charge in [0.15, 0.2) is 0 Å². The van der Waals surface area contributed by atoms with Crippen LogP contribution < -0.4 is 14.8 Å². The predicted molar refractivity (Wildman–Crippen MR) is 87.5 cm³/mol. The Bertz CT molecular complexity index is 625. The number of rotatable bonds is 7. The Morgan fingerprint density at radius 3 is 2.59 bits per heavy atom. The van der Waals surface area contributed by atoms with Crippen LogP contribution in [-0.2, 0) is 4.79 Å². The number of aryl methyl sites for hydroxylation is 1. The Hall–Kier alpha value is -2.49. The quantitative estimate of drug-likeness (QED) is 0.791. The van der Waals surface area contributed by atoms with E-state index in [0.29, 0.717) is 24.7 Å². The molecule has 0 fully saturated rings. The first-order valence-corrected chi connectivity index (χ1v) is 7.34. The van der Waals surface area contributed by atoms with Crippen LogP contribution in [0.3, 0.4) is 0 Å². The number of para-hydroxylation sites is 2. The van der Waals surface area contributed by atoms with Gasteiger partial charge >= 0.3 is 0 Å². The highest BCUT2D eigenvalue weighted by Gasteiger charge is 2.04. The molecule has 0 saturated carbocycles. The van der Waals surface area contributed by atoms with E-state index in [1.165, 1.54) is 12.5 Å². The zero-order valence-electron chi connectivity index (χ0n) is 13.0. The Labute approximate surface area is 131 Å².